The lowest BCUT2D eigenvalue weighted by Gasteiger charge is -2.45. The van der Waals surface area contributed by atoms with Crippen LogP contribution < -0.4 is 26.3 Å². The van der Waals surface area contributed by atoms with Gasteiger partial charge in [0, 0.05) is 44.8 Å². The van der Waals surface area contributed by atoms with Gasteiger partial charge in [0.2, 0.25) is 0 Å². The molecule has 2 aliphatic heterocycles. The lowest BCUT2D eigenvalue weighted by atomic mass is 9.35. The highest BCUT2D eigenvalue weighted by Crippen LogP contribution is 2.53. The van der Waals surface area contributed by atoms with E-state index in [-0.39, 0.29) is 28.4 Å². The van der Waals surface area contributed by atoms with Crippen LogP contribution in [0.5, 0.6) is 0 Å². The Labute approximate surface area is 477 Å². The van der Waals surface area contributed by atoms with E-state index in [1.54, 1.807) is 11.3 Å². The summed E-state index contributed by atoms with van der Waals surface area (Å²) in [5.41, 5.74) is 21.1. The van der Waals surface area contributed by atoms with Gasteiger partial charge in [-0.25, -0.2) is 4.98 Å². The van der Waals surface area contributed by atoms with Crippen LogP contribution in [0.4, 0.5) is 33.4 Å². The number of rotatable bonds is 7. The fraction of sp³-hybridized carbons (Fsp3) is 0.230. The first-order valence-electron chi connectivity index (χ1n) is 28.5. The average molecular weight is 1060 g/mol. The van der Waals surface area contributed by atoms with E-state index in [1.165, 1.54) is 55.4 Å². The number of benzene rings is 9. The van der Waals surface area contributed by atoms with E-state index in [9.17, 15) is 0 Å². The Bertz CT molecular complexity index is 4050. The molecule has 13 rings (SSSR count). The van der Waals surface area contributed by atoms with Crippen molar-refractivity contribution in [1.29, 1.82) is 0 Å². The van der Waals surface area contributed by atoms with Crippen molar-refractivity contribution in [3.05, 3.63) is 251 Å². The van der Waals surface area contributed by atoms with Crippen molar-refractivity contribution in [1.82, 2.24) is 4.98 Å². The van der Waals surface area contributed by atoms with E-state index in [2.05, 4.69) is 299 Å². The van der Waals surface area contributed by atoms with Crippen molar-refractivity contribution in [3.8, 4) is 10.6 Å². The molecule has 6 heteroatoms. The molecule has 0 atom stereocenters. The van der Waals surface area contributed by atoms with Crippen LogP contribution >= 0.6 is 11.3 Å². The first-order valence-corrected chi connectivity index (χ1v) is 29.3. The van der Waals surface area contributed by atoms with E-state index in [0.717, 1.165) is 71.5 Å². The molecular weight excluding hydrogens is 990 g/mol. The molecule has 0 radical (unpaired) electrons. The third kappa shape index (κ3) is 8.44. The molecule has 0 N–H and O–H groups in total. The highest BCUT2D eigenvalue weighted by atomic mass is 32.1. The molecule has 0 unspecified atom stereocenters. The summed E-state index contributed by atoms with van der Waals surface area (Å²) in [5, 5.41) is 4.33. The molecular formula is C74H70BN3OS. The Morgan fingerprint density at radius 2 is 0.825 bits per heavy atom. The van der Waals surface area contributed by atoms with Crippen molar-refractivity contribution >= 4 is 89.9 Å². The van der Waals surface area contributed by atoms with Crippen LogP contribution in [0.3, 0.4) is 0 Å². The summed E-state index contributed by atoms with van der Waals surface area (Å²) in [7, 11) is 0. The fourth-order valence-electron chi connectivity index (χ4n) is 12.6. The Kier molecular flexibility index (Phi) is 12.0. The lowest BCUT2D eigenvalue weighted by Crippen LogP contribution is -2.62. The molecule has 80 heavy (non-hydrogen) atoms. The molecule has 0 fully saturated rings. The first-order chi connectivity index (χ1) is 38.2. The monoisotopic (exact) mass is 1060 g/mol. The molecule has 0 bridgehead atoms. The van der Waals surface area contributed by atoms with Gasteiger partial charge in [0.1, 0.15) is 21.2 Å². The molecule has 4 nitrogen and oxygen atoms in total. The SMILES string of the molecule is CC(C)(C)c1ccc(N2c3ccc(C(C)(C)C)cc3B3c4nc(-c5ccc6oc7ccc(C(C)(C)C)cc7c6c5)sc4N(c4ccc(C(C)(C)C)cc4)c4cc(C(c5ccccc5)(c5ccccc5)c5ccccc5)cc2c43)cc1. The summed E-state index contributed by atoms with van der Waals surface area (Å²) in [5.74, 6) is 0. The minimum absolute atomic E-state index is 0.0103. The number of hydrogen-bond donors (Lipinski definition) is 0. The van der Waals surface area contributed by atoms with Gasteiger partial charge < -0.3 is 14.2 Å². The number of aromatic nitrogens is 1. The second-order valence-corrected chi connectivity index (χ2v) is 27.5. The smallest absolute Gasteiger partial charge is 0.276 e. The van der Waals surface area contributed by atoms with Gasteiger partial charge in [-0.3, -0.25) is 0 Å². The van der Waals surface area contributed by atoms with Gasteiger partial charge in [-0.05, 0) is 150 Å². The lowest BCUT2D eigenvalue weighted by molar-refractivity contribution is 0.590. The number of hydrogen-bond acceptors (Lipinski definition) is 5. The summed E-state index contributed by atoms with van der Waals surface area (Å²) in [6.45, 7) is 27.4. The van der Waals surface area contributed by atoms with Gasteiger partial charge in [-0.15, -0.1) is 0 Å². The molecule has 0 amide bonds. The number of nitrogens with zero attached hydrogens (tertiary/aromatic N) is 3. The van der Waals surface area contributed by atoms with Gasteiger partial charge >= 0.3 is 0 Å². The summed E-state index contributed by atoms with van der Waals surface area (Å²) in [6, 6.07) is 77.9. The maximum atomic E-state index is 6.55. The average Bonchev–Trinajstić information content (AvgIpc) is 4.18. The second kappa shape index (κ2) is 18.6. The number of thiazole rings is 1. The van der Waals surface area contributed by atoms with Gasteiger partial charge in [-0.1, -0.05) is 228 Å². The van der Waals surface area contributed by atoms with Crippen LogP contribution in [0.15, 0.2) is 211 Å². The highest BCUT2D eigenvalue weighted by Gasteiger charge is 2.49. The third-order valence-corrected chi connectivity index (χ3v) is 18.2. The van der Waals surface area contributed by atoms with Crippen molar-refractivity contribution in [2.75, 3.05) is 9.80 Å². The van der Waals surface area contributed by atoms with Gasteiger partial charge in [0.15, 0.2) is 0 Å². The van der Waals surface area contributed by atoms with Gasteiger partial charge in [0.05, 0.1) is 11.0 Å². The number of fused-ring (bicyclic) bond motifs is 7. The standard InChI is InChI=1S/C74H70BN3OS/c1-70(2,3)48-29-35-56(36-30-48)77-61-39-33-54(73(10,11)12)44-60(61)75-66-62(77)45-55(74(50-22-16-13-17-23-50,51-24-18-14-19-25-51)52-26-20-15-21-27-52)46-63(66)78(57-37-31-49(32-38-57)71(4,5)6)69-67(75)76-68(80-69)47-28-40-64-58(42-47)59-43-53(72(7,8)9)34-41-65(59)79-64/h13-46H,1-12H3. The fourth-order valence-corrected chi connectivity index (χ4v) is 13.8. The van der Waals surface area contributed by atoms with Crippen LogP contribution in [-0.4, -0.2) is 11.7 Å². The highest BCUT2D eigenvalue weighted by molar-refractivity contribution is 7.22. The van der Waals surface area contributed by atoms with Crippen molar-refractivity contribution < 1.29 is 4.42 Å². The van der Waals surface area contributed by atoms with Crippen LogP contribution in [0.2, 0.25) is 0 Å². The van der Waals surface area contributed by atoms with E-state index in [4.69, 9.17) is 9.40 Å². The Balaban J connectivity index is 1.17. The maximum Gasteiger partial charge on any atom is 0.276 e. The largest absolute Gasteiger partial charge is 0.456 e. The maximum absolute atomic E-state index is 6.55. The topological polar surface area (TPSA) is 32.5 Å². The van der Waals surface area contributed by atoms with Crippen molar-refractivity contribution in [3.63, 3.8) is 0 Å². The Morgan fingerprint density at radius 3 is 1.34 bits per heavy atom. The molecule has 2 aromatic heterocycles. The zero-order chi connectivity index (χ0) is 55.7. The van der Waals surface area contributed by atoms with E-state index >= 15 is 0 Å². The predicted octanol–water partition coefficient (Wildman–Crippen LogP) is 18.4. The van der Waals surface area contributed by atoms with Crippen molar-refractivity contribution in [2.24, 2.45) is 0 Å². The van der Waals surface area contributed by atoms with Crippen LogP contribution in [0, 0.1) is 0 Å². The predicted molar refractivity (Wildman–Crippen MR) is 342 cm³/mol. The van der Waals surface area contributed by atoms with E-state index in [0.29, 0.717) is 0 Å². The van der Waals surface area contributed by atoms with Gasteiger partial charge in [-0.2, -0.15) is 0 Å². The molecule has 4 heterocycles. The molecule has 396 valence electrons. The molecule has 0 aliphatic carbocycles. The molecule has 0 saturated carbocycles. The van der Waals surface area contributed by atoms with Crippen molar-refractivity contribution in [2.45, 2.75) is 110 Å². The van der Waals surface area contributed by atoms with Crippen LogP contribution in [0.25, 0.3) is 32.5 Å². The van der Waals surface area contributed by atoms with Gasteiger partial charge in [0.25, 0.3) is 6.71 Å². The number of furan rings is 1. The summed E-state index contributed by atoms with van der Waals surface area (Å²) in [4.78, 5) is 11.1. The summed E-state index contributed by atoms with van der Waals surface area (Å²) in [6.07, 6.45) is 0. The summed E-state index contributed by atoms with van der Waals surface area (Å²) >= 11 is 1.80. The molecule has 9 aromatic carbocycles. The third-order valence-electron chi connectivity index (χ3n) is 17.1. The van der Waals surface area contributed by atoms with Crippen LogP contribution in [-0.2, 0) is 27.1 Å². The number of anilines is 6. The minimum Gasteiger partial charge on any atom is -0.456 e. The molecule has 11 aromatic rings. The second-order valence-electron chi connectivity index (χ2n) is 26.5. The minimum atomic E-state index is -0.737. The Morgan fingerprint density at radius 1 is 0.388 bits per heavy atom. The Hall–Kier alpha value is -7.93. The van der Waals surface area contributed by atoms with E-state index < -0.39 is 5.41 Å². The molecule has 0 saturated heterocycles. The molecule has 0 spiro atoms. The molecule has 2 aliphatic rings. The first kappa shape index (κ1) is 51.5. The van der Waals surface area contributed by atoms with Crippen LogP contribution in [0.1, 0.15) is 128 Å². The zero-order valence-electron chi connectivity index (χ0n) is 48.4. The normalized spacial score (nSPS) is 13.7. The quantitative estimate of drug-likeness (QED) is 0.118. The summed E-state index contributed by atoms with van der Waals surface area (Å²) < 4.78 is 6.55. The zero-order valence-corrected chi connectivity index (χ0v) is 49.2. The van der Waals surface area contributed by atoms with E-state index in [1.807, 2.05) is 0 Å².